The zero-order chi connectivity index (χ0) is 19.4. The molecular formula is C20H28FN6+. The van der Waals surface area contributed by atoms with Crippen LogP contribution in [0.4, 0.5) is 16.0 Å². The molecule has 1 aliphatic heterocycles. The van der Waals surface area contributed by atoms with Crippen molar-refractivity contribution < 1.29 is 9.29 Å². The molecule has 0 bridgehead atoms. The highest BCUT2D eigenvalue weighted by atomic mass is 19.1. The van der Waals surface area contributed by atoms with Gasteiger partial charge in [-0.15, -0.1) is 0 Å². The minimum Gasteiger partial charge on any atom is -0.358 e. The van der Waals surface area contributed by atoms with E-state index in [1.165, 1.54) is 0 Å². The van der Waals surface area contributed by atoms with Gasteiger partial charge in [0.05, 0.1) is 44.1 Å². The second-order valence-electron chi connectivity index (χ2n) is 7.04. The molecule has 7 heteroatoms. The molecule has 1 saturated heterocycles. The molecule has 0 atom stereocenters. The normalized spacial score (nSPS) is 15.9. The number of piperazine rings is 1. The smallest absolute Gasteiger partial charge is 0.243 e. The Kier molecular flexibility index (Phi) is 6.01. The molecule has 0 amide bonds. The number of aryl methyl sites for hydroxylation is 2. The van der Waals surface area contributed by atoms with Gasteiger partial charge in [-0.25, -0.2) is 19.8 Å². The van der Waals surface area contributed by atoms with Gasteiger partial charge in [0.2, 0.25) is 5.95 Å². The summed E-state index contributed by atoms with van der Waals surface area (Å²) in [5.41, 5.74) is 6.71. The predicted octanol–water partition coefficient (Wildman–Crippen LogP) is 1.79. The van der Waals surface area contributed by atoms with Crippen LogP contribution < -0.4 is 15.2 Å². The number of aromatic nitrogens is 2. The van der Waals surface area contributed by atoms with Crippen LogP contribution in [0.25, 0.3) is 0 Å². The van der Waals surface area contributed by atoms with Gasteiger partial charge in [-0.1, -0.05) is 6.07 Å². The number of hydrogen-bond donors (Lipinski definition) is 2. The van der Waals surface area contributed by atoms with Crippen molar-refractivity contribution in [2.75, 3.05) is 43.0 Å². The molecule has 2 N–H and O–H groups in total. The van der Waals surface area contributed by atoms with Gasteiger partial charge in [-0.2, -0.15) is 5.10 Å². The molecule has 27 heavy (non-hydrogen) atoms. The lowest BCUT2D eigenvalue weighted by atomic mass is 10.1. The van der Waals surface area contributed by atoms with Crippen molar-refractivity contribution >= 4 is 17.3 Å². The molecule has 1 aromatic carbocycles. The van der Waals surface area contributed by atoms with Gasteiger partial charge in [0.15, 0.2) is 0 Å². The summed E-state index contributed by atoms with van der Waals surface area (Å²) in [5, 5.41) is 4.31. The second kappa shape index (κ2) is 8.43. The second-order valence-corrected chi connectivity index (χ2v) is 7.04. The lowest BCUT2D eigenvalue weighted by molar-refractivity contribution is -0.898. The number of hydrogen-bond acceptors (Lipinski definition) is 5. The molecular weight excluding hydrogens is 343 g/mol. The van der Waals surface area contributed by atoms with Crippen LogP contribution in [0, 0.1) is 19.7 Å². The van der Waals surface area contributed by atoms with Gasteiger partial charge >= 0.3 is 0 Å². The van der Waals surface area contributed by atoms with Gasteiger partial charge in [0, 0.05) is 17.0 Å². The molecule has 0 saturated carbocycles. The number of rotatable bonds is 5. The summed E-state index contributed by atoms with van der Waals surface area (Å²) in [4.78, 5) is 12.3. The molecule has 0 spiro atoms. The van der Waals surface area contributed by atoms with Gasteiger partial charge < -0.3 is 9.80 Å². The lowest BCUT2D eigenvalue weighted by Gasteiger charge is -2.33. The van der Waals surface area contributed by atoms with E-state index in [0.717, 1.165) is 49.7 Å². The minimum absolute atomic E-state index is 0.204. The fourth-order valence-electron chi connectivity index (χ4n) is 3.38. The zero-order valence-corrected chi connectivity index (χ0v) is 16.5. The Labute approximate surface area is 160 Å². The lowest BCUT2D eigenvalue weighted by Crippen LogP contribution is -3.14. The molecule has 1 fully saturated rings. The van der Waals surface area contributed by atoms with Crippen molar-refractivity contribution in [1.29, 1.82) is 0 Å². The third-order valence-corrected chi connectivity index (χ3v) is 4.98. The number of hydrazone groups is 1. The summed E-state index contributed by atoms with van der Waals surface area (Å²) in [5.74, 6) is 0.241. The molecule has 3 rings (SSSR count). The Hall–Kier alpha value is -2.54. The summed E-state index contributed by atoms with van der Waals surface area (Å²) < 4.78 is 14.7. The van der Waals surface area contributed by atoms with Crippen molar-refractivity contribution in [2.24, 2.45) is 5.10 Å². The van der Waals surface area contributed by atoms with Gasteiger partial charge in [0.25, 0.3) is 0 Å². The van der Waals surface area contributed by atoms with Crippen LogP contribution >= 0.6 is 0 Å². The predicted molar refractivity (Wildman–Crippen MR) is 107 cm³/mol. The van der Waals surface area contributed by atoms with Crippen molar-refractivity contribution in [3.05, 3.63) is 47.0 Å². The van der Waals surface area contributed by atoms with E-state index in [9.17, 15) is 4.39 Å². The summed E-state index contributed by atoms with van der Waals surface area (Å²) in [6, 6.07) is 7.23. The number of nitrogens with zero attached hydrogens (tertiary/aromatic N) is 4. The Morgan fingerprint density at radius 3 is 2.44 bits per heavy atom. The van der Waals surface area contributed by atoms with Crippen molar-refractivity contribution in [2.45, 2.75) is 27.7 Å². The van der Waals surface area contributed by atoms with Gasteiger partial charge in [-0.05, 0) is 45.9 Å². The van der Waals surface area contributed by atoms with E-state index >= 15 is 0 Å². The zero-order valence-electron chi connectivity index (χ0n) is 16.5. The van der Waals surface area contributed by atoms with Crippen LogP contribution in [0.15, 0.2) is 29.4 Å². The molecule has 2 heterocycles. The molecule has 0 aliphatic carbocycles. The number of anilines is 2. The standard InChI is InChI=1S/C20H27FN6/c1-5-26-8-10-27(11-9-26)19-7-6-17(13-18(19)21)16(4)24-25-20-22-14(2)12-15(3)23-20/h6-7,12-13H,5,8-11H2,1-4H3,(H,22,23,25)/p+1/b24-16-. The highest BCUT2D eigenvalue weighted by Crippen LogP contribution is 2.21. The molecule has 0 unspecified atom stereocenters. The van der Waals surface area contributed by atoms with E-state index in [-0.39, 0.29) is 5.82 Å². The number of quaternary nitrogens is 1. The largest absolute Gasteiger partial charge is 0.358 e. The first kappa shape index (κ1) is 19.2. The molecule has 1 aromatic heterocycles. The fraction of sp³-hybridized carbons (Fsp3) is 0.450. The average Bonchev–Trinajstić information content (AvgIpc) is 2.65. The monoisotopic (exact) mass is 371 g/mol. The number of halogens is 1. The van der Waals surface area contributed by atoms with E-state index < -0.39 is 0 Å². The van der Waals surface area contributed by atoms with E-state index in [2.05, 4.69) is 32.3 Å². The summed E-state index contributed by atoms with van der Waals surface area (Å²) >= 11 is 0. The minimum atomic E-state index is -0.204. The number of nitrogens with one attached hydrogen (secondary N) is 2. The third kappa shape index (κ3) is 4.80. The average molecular weight is 371 g/mol. The summed E-state index contributed by atoms with van der Waals surface area (Å²) in [6.07, 6.45) is 0. The van der Waals surface area contributed by atoms with Gasteiger partial charge in [0.1, 0.15) is 5.82 Å². The molecule has 1 aliphatic rings. The molecule has 6 nitrogen and oxygen atoms in total. The number of likely N-dealkylation sites (N-methyl/N-ethyl adjacent to an activating group) is 1. The van der Waals surface area contributed by atoms with Crippen molar-refractivity contribution in [1.82, 2.24) is 9.97 Å². The van der Waals surface area contributed by atoms with Gasteiger partial charge in [-0.3, -0.25) is 0 Å². The first-order chi connectivity index (χ1) is 13.0. The van der Waals surface area contributed by atoms with Crippen LogP contribution in [0.1, 0.15) is 30.8 Å². The van der Waals surface area contributed by atoms with Crippen LogP contribution in [-0.2, 0) is 0 Å². The van der Waals surface area contributed by atoms with Crippen LogP contribution in [0.2, 0.25) is 0 Å². The molecule has 144 valence electrons. The maximum atomic E-state index is 14.7. The summed E-state index contributed by atoms with van der Waals surface area (Å²) in [7, 11) is 0. The summed E-state index contributed by atoms with van der Waals surface area (Å²) in [6.45, 7) is 12.9. The fourth-order valence-corrected chi connectivity index (χ4v) is 3.38. The van der Waals surface area contributed by atoms with E-state index in [1.54, 1.807) is 11.0 Å². The van der Waals surface area contributed by atoms with E-state index in [1.807, 2.05) is 39.0 Å². The number of benzene rings is 1. The highest BCUT2D eigenvalue weighted by Gasteiger charge is 2.21. The third-order valence-electron chi connectivity index (χ3n) is 4.98. The Morgan fingerprint density at radius 2 is 1.85 bits per heavy atom. The molecule has 0 radical (unpaired) electrons. The molecule has 2 aromatic rings. The quantitative estimate of drug-likeness (QED) is 0.622. The Bertz CT molecular complexity index is 807. The van der Waals surface area contributed by atoms with E-state index in [0.29, 0.717) is 17.3 Å². The Balaban J connectivity index is 1.70. The van der Waals surface area contributed by atoms with Crippen LogP contribution in [0.3, 0.4) is 0 Å². The van der Waals surface area contributed by atoms with Crippen LogP contribution in [-0.4, -0.2) is 48.4 Å². The highest BCUT2D eigenvalue weighted by molar-refractivity contribution is 5.99. The van der Waals surface area contributed by atoms with Crippen molar-refractivity contribution in [3.8, 4) is 0 Å². The maximum absolute atomic E-state index is 14.7. The first-order valence-electron chi connectivity index (χ1n) is 9.47. The van der Waals surface area contributed by atoms with E-state index in [4.69, 9.17) is 0 Å². The Morgan fingerprint density at radius 1 is 1.19 bits per heavy atom. The SMILES string of the molecule is CC[NH+]1CCN(c2ccc(/C(C)=N\Nc3nc(C)cc(C)n3)cc2F)CC1. The van der Waals surface area contributed by atoms with Crippen molar-refractivity contribution in [3.63, 3.8) is 0 Å². The first-order valence-corrected chi connectivity index (χ1v) is 9.47. The van der Waals surface area contributed by atoms with Crippen LogP contribution in [0.5, 0.6) is 0 Å². The maximum Gasteiger partial charge on any atom is 0.243 e. The topological polar surface area (TPSA) is 57.9 Å².